The van der Waals surface area contributed by atoms with Crippen LogP contribution in [0.4, 0.5) is 0 Å². The van der Waals surface area contributed by atoms with Crippen LogP contribution in [0.5, 0.6) is 0 Å². The summed E-state index contributed by atoms with van der Waals surface area (Å²) in [6.45, 7) is 16.9. The van der Waals surface area contributed by atoms with Gasteiger partial charge in [0.15, 0.2) is 0 Å². The lowest BCUT2D eigenvalue weighted by Gasteiger charge is -2.61. The van der Waals surface area contributed by atoms with Gasteiger partial charge in [0.2, 0.25) is 5.91 Å². The van der Waals surface area contributed by atoms with Crippen LogP contribution < -0.4 is 5.32 Å². The molecule has 1 heterocycles. The number of rotatable bonds is 10. The van der Waals surface area contributed by atoms with E-state index in [2.05, 4.69) is 56.9 Å². The average molecular weight is 590 g/mol. The highest BCUT2D eigenvalue weighted by Crippen LogP contribution is 2.68. The molecule has 6 rings (SSSR count). The largest absolute Gasteiger partial charge is 0.393 e. The Morgan fingerprint density at radius 1 is 1.02 bits per heavy atom. The Morgan fingerprint density at radius 3 is 2.49 bits per heavy atom. The second-order valence-corrected chi connectivity index (χ2v) is 16.5. The van der Waals surface area contributed by atoms with Gasteiger partial charge in [-0.05, 0) is 116 Å². The fourth-order valence-electron chi connectivity index (χ4n) is 11.9. The van der Waals surface area contributed by atoms with E-state index in [1.165, 1.54) is 82.0 Å². The van der Waals surface area contributed by atoms with Crippen LogP contribution in [0.25, 0.3) is 6.08 Å². The standard InChI is InChI=1S/C39H60N2O2/c1-5-29-9-11-30(12-10-29)27-41(23-6-7-24-41)25-22-40-37(43)17-8-28(2)34-15-16-35-33-14-13-31-26-32(42)18-20-38(31,3)36(33)19-21-39(34,35)4/h5,9-12,28,31-36,42H,1,6-8,13-27H2,2-4H3/p+1/t28?,31?,32-,33?,34-,35?,36?,38+,39-/m1/s1. The number of nitrogens with zero attached hydrogens (tertiary/aromatic N) is 1. The molecule has 0 spiro atoms. The third-order valence-corrected chi connectivity index (χ3v) is 14.4. The number of hydrogen-bond donors (Lipinski definition) is 2. The van der Waals surface area contributed by atoms with Gasteiger partial charge in [0, 0.05) is 24.8 Å². The number of aliphatic hydroxyl groups is 1. The van der Waals surface area contributed by atoms with Gasteiger partial charge in [-0.1, -0.05) is 57.7 Å². The number of carbonyl (C=O) groups excluding carboxylic acids is 1. The van der Waals surface area contributed by atoms with Gasteiger partial charge in [-0.15, -0.1) is 0 Å². The van der Waals surface area contributed by atoms with E-state index in [0.29, 0.717) is 23.2 Å². The Morgan fingerprint density at radius 2 is 1.74 bits per heavy atom. The maximum atomic E-state index is 13.1. The van der Waals surface area contributed by atoms with E-state index in [1.807, 2.05) is 6.08 Å². The third kappa shape index (κ3) is 6.14. The van der Waals surface area contributed by atoms with Crippen LogP contribution in [0.15, 0.2) is 30.8 Å². The second kappa shape index (κ2) is 12.6. The van der Waals surface area contributed by atoms with E-state index in [9.17, 15) is 9.90 Å². The zero-order valence-corrected chi connectivity index (χ0v) is 27.7. The van der Waals surface area contributed by atoms with Crippen molar-refractivity contribution in [3.63, 3.8) is 0 Å². The summed E-state index contributed by atoms with van der Waals surface area (Å²) in [4.78, 5) is 13.1. The molecule has 4 saturated carbocycles. The second-order valence-electron chi connectivity index (χ2n) is 16.5. The highest BCUT2D eigenvalue weighted by Gasteiger charge is 2.60. The first-order valence-corrected chi connectivity index (χ1v) is 18.2. The predicted molar refractivity (Wildman–Crippen MR) is 177 cm³/mol. The lowest BCUT2D eigenvalue weighted by molar-refractivity contribution is -0.928. The molecule has 0 bridgehead atoms. The normalized spacial score (nSPS) is 38.9. The van der Waals surface area contributed by atoms with Gasteiger partial charge in [-0.2, -0.15) is 0 Å². The van der Waals surface area contributed by atoms with Crippen LogP contribution >= 0.6 is 0 Å². The van der Waals surface area contributed by atoms with Gasteiger partial charge in [0.05, 0.1) is 32.3 Å². The van der Waals surface area contributed by atoms with E-state index in [0.717, 1.165) is 73.0 Å². The number of hydrogen-bond acceptors (Lipinski definition) is 2. The van der Waals surface area contributed by atoms with Crippen molar-refractivity contribution in [2.75, 3.05) is 26.2 Å². The molecule has 1 aromatic rings. The maximum absolute atomic E-state index is 13.1. The third-order valence-electron chi connectivity index (χ3n) is 14.4. The molecule has 43 heavy (non-hydrogen) atoms. The minimum atomic E-state index is -0.0548. The van der Waals surface area contributed by atoms with E-state index in [1.54, 1.807) is 0 Å². The topological polar surface area (TPSA) is 49.3 Å². The molecule has 1 aliphatic heterocycles. The summed E-state index contributed by atoms with van der Waals surface area (Å²) in [6.07, 6.45) is 17.7. The number of amides is 1. The minimum absolute atomic E-state index is 0.0548. The van der Waals surface area contributed by atoms with Crippen molar-refractivity contribution in [3.05, 3.63) is 42.0 Å². The van der Waals surface area contributed by atoms with E-state index in [-0.39, 0.29) is 12.0 Å². The predicted octanol–water partition coefficient (Wildman–Crippen LogP) is 7.99. The number of fused-ring (bicyclic) bond motifs is 5. The fourth-order valence-corrected chi connectivity index (χ4v) is 11.9. The Hall–Kier alpha value is -1.65. The molecule has 5 aliphatic rings. The monoisotopic (exact) mass is 589 g/mol. The Kier molecular flexibility index (Phi) is 9.20. The summed E-state index contributed by atoms with van der Waals surface area (Å²) in [7, 11) is 0. The van der Waals surface area contributed by atoms with Gasteiger partial charge in [0.1, 0.15) is 6.54 Å². The van der Waals surface area contributed by atoms with Gasteiger partial charge in [-0.3, -0.25) is 4.79 Å². The summed E-state index contributed by atoms with van der Waals surface area (Å²) < 4.78 is 1.11. The van der Waals surface area contributed by atoms with Crippen LogP contribution in [-0.2, 0) is 11.3 Å². The average Bonchev–Trinajstić information content (AvgIpc) is 3.61. The van der Waals surface area contributed by atoms with Crippen LogP contribution in [0.2, 0.25) is 0 Å². The molecule has 4 heteroatoms. The van der Waals surface area contributed by atoms with Crippen molar-refractivity contribution in [2.24, 2.45) is 46.3 Å². The van der Waals surface area contributed by atoms with Crippen molar-refractivity contribution >= 4 is 12.0 Å². The first kappa shape index (κ1) is 31.3. The molecule has 5 unspecified atom stereocenters. The summed E-state index contributed by atoms with van der Waals surface area (Å²) in [6, 6.07) is 8.85. The molecule has 0 radical (unpaired) electrons. The molecule has 0 aromatic heterocycles. The molecule has 2 N–H and O–H groups in total. The Labute approximate surface area is 262 Å². The minimum Gasteiger partial charge on any atom is -0.393 e. The molecule has 4 aliphatic carbocycles. The zero-order valence-electron chi connectivity index (χ0n) is 27.7. The summed E-state index contributed by atoms with van der Waals surface area (Å²) >= 11 is 0. The number of quaternary nitrogens is 1. The van der Waals surface area contributed by atoms with Crippen molar-refractivity contribution in [2.45, 2.75) is 117 Å². The summed E-state index contributed by atoms with van der Waals surface area (Å²) in [5.74, 6) is 4.99. The van der Waals surface area contributed by atoms with Crippen LogP contribution in [0, 0.1) is 46.3 Å². The quantitative estimate of drug-likeness (QED) is 0.272. The molecule has 4 nitrogen and oxygen atoms in total. The number of aliphatic hydroxyl groups excluding tert-OH is 1. The molecule has 5 fully saturated rings. The van der Waals surface area contributed by atoms with Crippen LogP contribution in [0.1, 0.15) is 115 Å². The van der Waals surface area contributed by atoms with E-state index >= 15 is 0 Å². The van der Waals surface area contributed by atoms with Gasteiger partial charge < -0.3 is 14.9 Å². The zero-order chi connectivity index (χ0) is 30.2. The Balaban J connectivity index is 0.986. The molecule has 238 valence electrons. The number of carbonyl (C=O) groups is 1. The first-order valence-electron chi connectivity index (χ1n) is 18.2. The highest BCUT2D eigenvalue weighted by molar-refractivity contribution is 5.75. The molecule has 1 saturated heterocycles. The van der Waals surface area contributed by atoms with Gasteiger partial charge >= 0.3 is 0 Å². The SMILES string of the molecule is C=Cc1ccc(C[N+]2(CCNC(=O)CCC(C)[C@H]3CCC4C5CCC6C[C@H](O)CC[C@]6(C)C5CC[C@@]43C)CCCC2)cc1. The van der Waals surface area contributed by atoms with Crippen molar-refractivity contribution < 1.29 is 14.4 Å². The lowest BCUT2D eigenvalue weighted by atomic mass is 9.44. The van der Waals surface area contributed by atoms with Gasteiger partial charge in [0.25, 0.3) is 0 Å². The lowest BCUT2D eigenvalue weighted by Crippen LogP contribution is -2.54. The fraction of sp³-hybridized carbons (Fsp3) is 0.769. The number of nitrogens with one attached hydrogen (secondary N) is 1. The molecule has 1 amide bonds. The van der Waals surface area contributed by atoms with Crippen molar-refractivity contribution in [1.29, 1.82) is 0 Å². The molecular formula is C39H61N2O2+. The maximum Gasteiger partial charge on any atom is 0.220 e. The first-order chi connectivity index (χ1) is 20.7. The number of benzene rings is 1. The summed E-state index contributed by atoms with van der Waals surface area (Å²) in [5.41, 5.74) is 3.47. The Bertz CT molecular complexity index is 1120. The molecule has 1 aromatic carbocycles. The van der Waals surface area contributed by atoms with E-state index in [4.69, 9.17) is 0 Å². The van der Waals surface area contributed by atoms with Crippen LogP contribution in [-0.4, -0.2) is 47.8 Å². The number of likely N-dealkylation sites (tertiary alicyclic amines) is 1. The van der Waals surface area contributed by atoms with Gasteiger partial charge in [-0.25, -0.2) is 0 Å². The van der Waals surface area contributed by atoms with E-state index < -0.39 is 0 Å². The summed E-state index contributed by atoms with van der Waals surface area (Å²) in [5, 5.41) is 13.7. The van der Waals surface area contributed by atoms with Crippen LogP contribution in [0.3, 0.4) is 0 Å². The van der Waals surface area contributed by atoms with Crippen molar-refractivity contribution in [3.8, 4) is 0 Å². The molecular weight excluding hydrogens is 528 g/mol. The van der Waals surface area contributed by atoms with Crippen molar-refractivity contribution in [1.82, 2.24) is 5.32 Å². The smallest absolute Gasteiger partial charge is 0.220 e. The molecule has 9 atom stereocenters. The highest BCUT2D eigenvalue weighted by atomic mass is 16.3.